The van der Waals surface area contributed by atoms with Crippen LogP contribution in [-0.2, 0) is 39.9 Å². The molecule has 0 fully saturated rings. The standard InChI is InChI=1S/C27H26F3N3O4/c1-3-36-25(34)12-18-14-31-24-9-8-21(13-22(18)24)37-16-19-15-32-26(33-23(19)10-11-35-2)17-4-6-20(7-5-17)27(28,29)30/h4-9,13-15,31H,3,10-12,16H2,1-2H3. The van der Waals surface area contributed by atoms with Crippen LogP contribution in [0.1, 0.15) is 29.3 Å². The number of nitrogens with zero attached hydrogens (tertiary/aromatic N) is 2. The van der Waals surface area contributed by atoms with Gasteiger partial charge in [0.15, 0.2) is 5.82 Å². The molecule has 10 heteroatoms. The Balaban J connectivity index is 1.53. The lowest BCUT2D eigenvalue weighted by Crippen LogP contribution is -2.08. The molecule has 0 aliphatic heterocycles. The number of halogens is 3. The average molecular weight is 514 g/mol. The quantitative estimate of drug-likeness (QED) is 0.281. The van der Waals surface area contributed by atoms with Crippen LogP contribution in [0, 0.1) is 0 Å². The highest BCUT2D eigenvalue weighted by Crippen LogP contribution is 2.31. The number of rotatable bonds is 10. The third-order valence-electron chi connectivity index (χ3n) is 5.74. The minimum absolute atomic E-state index is 0.151. The molecule has 2 aromatic heterocycles. The van der Waals surface area contributed by atoms with Crippen molar-refractivity contribution in [2.45, 2.75) is 32.5 Å². The van der Waals surface area contributed by atoms with Crippen LogP contribution in [0.25, 0.3) is 22.3 Å². The smallest absolute Gasteiger partial charge is 0.416 e. The van der Waals surface area contributed by atoms with Gasteiger partial charge in [0.05, 0.1) is 30.9 Å². The molecule has 2 heterocycles. The summed E-state index contributed by atoms with van der Waals surface area (Å²) in [6.07, 6.45) is -0.384. The Morgan fingerprint density at radius 1 is 1.08 bits per heavy atom. The zero-order valence-corrected chi connectivity index (χ0v) is 20.4. The number of fused-ring (bicyclic) bond motifs is 1. The average Bonchev–Trinajstić information content (AvgIpc) is 3.28. The number of aromatic nitrogens is 3. The molecule has 0 unspecified atom stereocenters. The van der Waals surface area contributed by atoms with E-state index >= 15 is 0 Å². The Labute approximate surface area is 211 Å². The summed E-state index contributed by atoms with van der Waals surface area (Å²) in [5.41, 5.74) is 2.84. The SMILES string of the molecule is CCOC(=O)Cc1c[nH]c2ccc(OCc3cnc(-c4ccc(C(F)(F)F)cc4)nc3CCOC)cc12. The summed E-state index contributed by atoms with van der Waals surface area (Å²) in [5.74, 6) is 0.616. The van der Waals surface area contributed by atoms with Gasteiger partial charge in [0.2, 0.25) is 0 Å². The molecule has 0 saturated carbocycles. The van der Waals surface area contributed by atoms with Crippen molar-refractivity contribution in [2.75, 3.05) is 20.3 Å². The van der Waals surface area contributed by atoms with Crippen LogP contribution in [0.15, 0.2) is 54.9 Å². The second kappa shape index (κ2) is 11.4. The molecule has 4 aromatic rings. The van der Waals surface area contributed by atoms with Crippen LogP contribution < -0.4 is 4.74 Å². The Kier molecular flexibility index (Phi) is 8.08. The van der Waals surface area contributed by atoms with E-state index in [1.807, 2.05) is 18.2 Å². The van der Waals surface area contributed by atoms with Gasteiger partial charge in [-0.15, -0.1) is 0 Å². The largest absolute Gasteiger partial charge is 0.489 e. The zero-order chi connectivity index (χ0) is 26.4. The van der Waals surface area contributed by atoms with Crippen LogP contribution in [0.2, 0.25) is 0 Å². The van der Waals surface area contributed by atoms with Gasteiger partial charge in [-0.1, -0.05) is 12.1 Å². The molecule has 7 nitrogen and oxygen atoms in total. The number of ether oxygens (including phenoxy) is 3. The fraction of sp³-hybridized carbons (Fsp3) is 0.296. The molecule has 2 aromatic carbocycles. The predicted molar refractivity (Wildman–Crippen MR) is 131 cm³/mol. The first-order valence-electron chi connectivity index (χ1n) is 11.7. The second-order valence-corrected chi connectivity index (χ2v) is 8.28. The fourth-order valence-electron chi connectivity index (χ4n) is 3.85. The minimum atomic E-state index is -4.41. The van der Waals surface area contributed by atoms with Gasteiger partial charge in [-0.25, -0.2) is 9.97 Å². The Morgan fingerprint density at radius 2 is 1.86 bits per heavy atom. The first-order chi connectivity index (χ1) is 17.8. The lowest BCUT2D eigenvalue weighted by atomic mass is 10.1. The summed E-state index contributed by atoms with van der Waals surface area (Å²) in [6.45, 7) is 2.67. The van der Waals surface area contributed by atoms with Crippen molar-refractivity contribution in [2.24, 2.45) is 0 Å². The molecule has 1 N–H and O–H groups in total. The number of carbonyl (C=O) groups is 1. The number of aromatic amines is 1. The third kappa shape index (κ3) is 6.45. The Morgan fingerprint density at radius 3 is 2.57 bits per heavy atom. The van der Waals surface area contributed by atoms with Crippen LogP contribution in [0.4, 0.5) is 13.2 Å². The van der Waals surface area contributed by atoms with Gasteiger partial charge in [-0.2, -0.15) is 13.2 Å². The van der Waals surface area contributed by atoms with Gasteiger partial charge in [0.25, 0.3) is 0 Å². The number of carbonyl (C=O) groups excluding carboxylic acids is 1. The second-order valence-electron chi connectivity index (χ2n) is 8.28. The lowest BCUT2D eigenvalue weighted by Gasteiger charge is -2.12. The van der Waals surface area contributed by atoms with Crippen molar-refractivity contribution in [3.8, 4) is 17.1 Å². The minimum Gasteiger partial charge on any atom is -0.489 e. The van der Waals surface area contributed by atoms with E-state index in [2.05, 4.69) is 15.0 Å². The highest BCUT2D eigenvalue weighted by molar-refractivity contribution is 5.88. The number of H-pyrrole nitrogens is 1. The third-order valence-corrected chi connectivity index (χ3v) is 5.74. The van der Waals surface area contributed by atoms with Gasteiger partial charge < -0.3 is 19.2 Å². The molecule has 0 radical (unpaired) electrons. The molecule has 37 heavy (non-hydrogen) atoms. The number of methoxy groups -OCH3 is 1. The Hall–Kier alpha value is -3.92. The van der Waals surface area contributed by atoms with Gasteiger partial charge in [0.1, 0.15) is 12.4 Å². The number of nitrogens with one attached hydrogen (secondary N) is 1. The maximum absolute atomic E-state index is 12.9. The summed E-state index contributed by atoms with van der Waals surface area (Å²) < 4.78 is 55.0. The number of hydrogen-bond donors (Lipinski definition) is 1. The summed E-state index contributed by atoms with van der Waals surface area (Å²) in [7, 11) is 1.58. The van der Waals surface area contributed by atoms with E-state index in [4.69, 9.17) is 14.2 Å². The number of benzene rings is 2. The van der Waals surface area contributed by atoms with Crippen LogP contribution in [0.5, 0.6) is 5.75 Å². The highest BCUT2D eigenvalue weighted by atomic mass is 19.4. The molecule has 0 saturated heterocycles. The van der Waals surface area contributed by atoms with E-state index in [9.17, 15) is 18.0 Å². The molecule has 0 atom stereocenters. The van der Waals surface area contributed by atoms with Gasteiger partial charge in [-0.05, 0) is 42.8 Å². The highest BCUT2D eigenvalue weighted by Gasteiger charge is 2.30. The van der Waals surface area contributed by atoms with E-state index in [1.165, 1.54) is 12.1 Å². The first-order valence-corrected chi connectivity index (χ1v) is 11.7. The summed E-state index contributed by atoms with van der Waals surface area (Å²) in [4.78, 5) is 24.0. The summed E-state index contributed by atoms with van der Waals surface area (Å²) >= 11 is 0. The van der Waals surface area contributed by atoms with Gasteiger partial charge >= 0.3 is 12.1 Å². The molecule has 0 bridgehead atoms. The van der Waals surface area contributed by atoms with Crippen molar-refractivity contribution < 1.29 is 32.2 Å². The number of alkyl halides is 3. The van der Waals surface area contributed by atoms with Crippen molar-refractivity contribution in [3.05, 3.63) is 77.2 Å². The first kappa shape index (κ1) is 26.2. The van der Waals surface area contributed by atoms with E-state index in [1.54, 1.807) is 26.4 Å². The lowest BCUT2D eigenvalue weighted by molar-refractivity contribution is -0.142. The molecular formula is C27H26F3N3O4. The van der Waals surface area contributed by atoms with Crippen LogP contribution in [-0.4, -0.2) is 41.2 Å². The van der Waals surface area contributed by atoms with Crippen LogP contribution >= 0.6 is 0 Å². The molecule has 0 spiro atoms. The Bertz CT molecular complexity index is 1370. The zero-order valence-electron chi connectivity index (χ0n) is 20.4. The molecule has 194 valence electrons. The van der Waals surface area contributed by atoms with E-state index in [0.717, 1.165) is 34.2 Å². The fourth-order valence-corrected chi connectivity index (χ4v) is 3.85. The number of esters is 1. The van der Waals surface area contributed by atoms with Crippen LogP contribution in [0.3, 0.4) is 0 Å². The summed E-state index contributed by atoms with van der Waals surface area (Å²) in [5, 5.41) is 0.860. The monoisotopic (exact) mass is 513 g/mol. The predicted octanol–water partition coefficient (Wildman–Crippen LogP) is 5.52. The molecular weight excluding hydrogens is 487 g/mol. The van der Waals surface area contributed by atoms with Crippen molar-refractivity contribution in [1.29, 1.82) is 0 Å². The van der Waals surface area contributed by atoms with E-state index in [0.29, 0.717) is 42.5 Å². The summed E-state index contributed by atoms with van der Waals surface area (Å²) in [6, 6.07) is 10.3. The molecule has 0 aliphatic rings. The van der Waals surface area contributed by atoms with E-state index < -0.39 is 11.7 Å². The van der Waals surface area contributed by atoms with Crippen molar-refractivity contribution in [1.82, 2.24) is 15.0 Å². The van der Waals surface area contributed by atoms with Gasteiger partial charge in [0, 0.05) is 48.0 Å². The molecule has 4 rings (SSSR count). The molecule has 0 aliphatic carbocycles. The number of hydrogen-bond acceptors (Lipinski definition) is 6. The van der Waals surface area contributed by atoms with E-state index in [-0.39, 0.29) is 19.0 Å². The van der Waals surface area contributed by atoms with Gasteiger partial charge in [-0.3, -0.25) is 4.79 Å². The van der Waals surface area contributed by atoms with Crippen molar-refractivity contribution in [3.63, 3.8) is 0 Å². The molecule has 0 amide bonds. The van der Waals surface area contributed by atoms with Crippen molar-refractivity contribution >= 4 is 16.9 Å². The topological polar surface area (TPSA) is 86.3 Å². The normalized spacial score (nSPS) is 11.6. The maximum Gasteiger partial charge on any atom is 0.416 e. The maximum atomic E-state index is 12.9.